The Labute approximate surface area is 163 Å². The summed E-state index contributed by atoms with van der Waals surface area (Å²) in [7, 11) is -4.65. The number of primary amides is 1. The van der Waals surface area contributed by atoms with E-state index in [4.69, 9.17) is 10.3 Å². The standard InChI is InChI=1S/C16H16N4O8S/c1-3-20-14(22)11(13(17)21)7(2)12(15(20)23)19-18-10-5-4-8(29(26,27)28)6-9(10)16(24)25/h4-6,23H,3H2,1-2H3,(H2,17,21)(H,24,25)(H,26,27,28)/b19-18+. The first-order valence-corrected chi connectivity index (χ1v) is 9.36. The van der Waals surface area contributed by atoms with E-state index >= 15 is 0 Å². The van der Waals surface area contributed by atoms with Gasteiger partial charge in [0.2, 0.25) is 5.88 Å². The summed E-state index contributed by atoms with van der Waals surface area (Å²) in [5.74, 6) is -3.22. The Morgan fingerprint density at radius 1 is 1.24 bits per heavy atom. The van der Waals surface area contributed by atoms with Gasteiger partial charge in [0.15, 0.2) is 0 Å². The number of aromatic carboxylic acids is 1. The normalized spacial score (nSPS) is 11.7. The van der Waals surface area contributed by atoms with Gasteiger partial charge in [0.25, 0.3) is 21.6 Å². The number of rotatable bonds is 6. The van der Waals surface area contributed by atoms with Gasteiger partial charge in [-0.3, -0.25) is 18.7 Å². The molecule has 2 rings (SSSR count). The van der Waals surface area contributed by atoms with Crippen molar-refractivity contribution in [2.24, 2.45) is 16.0 Å². The predicted molar refractivity (Wildman–Crippen MR) is 98.7 cm³/mol. The Bertz CT molecular complexity index is 1210. The zero-order chi connectivity index (χ0) is 22.1. The van der Waals surface area contributed by atoms with Crippen molar-refractivity contribution in [1.82, 2.24) is 4.57 Å². The average Bonchev–Trinajstić information content (AvgIpc) is 2.60. The van der Waals surface area contributed by atoms with E-state index in [1.807, 2.05) is 0 Å². The van der Waals surface area contributed by atoms with E-state index in [9.17, 15) is 33.0 Å². The second-order valence-corrected chi connectivity index (χ2v) is 7.17. The minimum Gasteiger partial charge on any atom is -0.493 e. The maximum atomic E-state index is 12.3. The summed E-state index contributed by atoms with van der Waals surface area (Å²) < 4.78 is 32.3. The van der Waals surface area contributed by atoms with Gasteiger partial charge in [-0.25, -0.2) is 4.79 Å². The zero-order valence-electron chi connectivity index (χ0n) is 15.1. The van der Waals surface area contributed by atoms with Crippen molar-refractivity contribution in [1.29, 1.82) is 0 Å². The smallest absolute Gasteiger partial charge is 0.338 e. The lowest BCUT2D eigenvalue weighted by molar-refractivity contribution is 0.0697. The Balaban J connectivity index is 2.72. The van der Waals surface area contributed by atoms with Gasteiger partial charge in [0.1, 0.15) is 16.9 Å². The molecule has 1 aromatic carbocycles. The molecule has 0 saturated carbocycles. The molecule has 0 unspecified atom stereocenters. The number of carboxylic acid groups (broad SMARTS) is 1. The summed E-state index contributed by atoms with van der Waals surface area (Å²) in [6.07, 6.45) is 0. The van der Waals surface area contributed by atoms with E-state index in [-0.39, 0.29) is 23.5 Å². The number of nitrogens with two attached hydrogens (primary N) is 1. The van der Waals surface area contributed by atoms with Gasteiger partial charge in [-0.2, -0.15) is 8.42 Å². The number of pyridine rings is 1. The van der Waals surface area contributed by atoms with Crippen LogP contribution in [0, 0.1) is 6.92 Å². The third kappa shape index (κ3) is 4.14. The molecule has 5 N–H and O–H groups in total. The number of carbonyl (C=O) groups is 2. The lowest BCUT2D eigenvalue weighted by atomic mass is 10.1. The van der Waals surface area contributed by atoms with E-state index in [0.29, 0.717) is 6.07 Å². The van der Waals surface area contributed by atoms with Crippen LogP contribution in [0.2, 0.25) is 0 Å². The van der Waals surface area contributed by atoms with E-state index < -0.39 is 49.5 Å². The van der Waals surface area contributed by atoms with Gasteiger partial charge < -0.3 is 15.9 Å². The van der Waals surface area contributed by atoms with Crippen LogP contribution in [0.1, 0.15) is 33.2 Å². The van der Waals surface area contributed by atoms with Crippen molar-refractivity contribution in [3.63, 3.8) is 0 Å². The van der Waals surface area contributed by atoms with Crippen LogP contribution in [0.15, 0.2) is 38.1 Å². The number of carboxylic acids is 1. The number of aromatic nitrogens is 1. The lowest BCUT2D eigenvalue weighted by Crippen LogP contribution is -2.30. The van der Waals surface area contributed by atoms with Crippen LogP contribution in [-0.2, 0) is 16.7 Å². The van der Waals surface area contributed by atoms with E-state index in [1.54, 1.807) is 0 Å². The van der Waals surface area contributed by atoms with Gasteiger partial charge in [-0.1, -0.05) is 0 Å². The fourth-order valence-corrected chi connectivity index (χ4v) is 3.05. The Kier molecular flexibility index (Phi) is 5.85. The number of azo groups is 1. The lowest BCUT2D eigenvalue weighted by Gasteiger charge is -2.12. The largest absolute Gasteiger partial charge is 0.493 e. The van der Waals surface area contributed by atoms with Crippen LogP contribution in [0.5, 0.6) is 5.88 Å². The number of amides is 1. The van der Waals surface area contributed by atoms with Crippen molar-refractivity contribution in [3.8, 4) is 5.88 Å². The molecule has 0 bridgehead atoms. The highest BCUT2D eigenvalue weighted by Crippen LogP contribution is 2.33. The first kappa shape index (κ1) is 21.7. The predicted octanol–water partition coefficient (Wildman–Crippen LogP) is 1.34. The highest BCUT2D eigenvalue weighted by molar-refractivity contribution is 7.85. The summed E-state index contributed by atoms with van der Waals surface area (Å²) in [6, 6.07) is 2.57. The molecule has 0 aliphatic heterocycles. The van der Waals surface area contributed by atoms with E-state index in [0.717, 1.165) is 16.7 Å². The van der Waals surface area contributed by atoms with E-state index in [1.165, 1.54) is 13.8 Å². The average molecular weight is 424 g/mol. The topological polar surface area (TPSA) is 202 Å². The molecule has 1 aromatic heterocycles. The summed E-state index contributed by atoms with van der Waals surface area (Å²) in [6.45, 7) is 2.81. The Hall–Kier alpha value is -3.58. The second-order valence-electron chi connectivity index (χ2n) is 5.75. The molecular formula is C16H16N4O8S. The van der Waals surface area contributed by atoms with Crippen LogP contribution in [-0.4, -0.2) is 39.6 Å². The summed E-state index contributed by atoms with van der Waals surface area (Å²) >= 11 is 0. The van der Waals surface area contributed by atoms with Gasteiger partial charge >= 0.3 is 5.97 Å². The third-order valence-corrected chi connectivity index (χ3v) is 4.82. The summed E-state index contributed by atoms with van der Waals surface area (Å²) in [5.41, 5.74) is 2.71. The van der Waals surface area contributed by atoms with Gasteiger partial charge in [-0.05, 0) is 32.0 Å². The molecule has 0 atom stereocenters. The van der Waals surface area contributed by atoms with Gasteiger partial charge in [-0.15, -0.1) is 10.2 Å². The fourth-order valence-electron chi connectivity index (χ4n) is 2.55. The molecule has 154 valence electrons. The van der Waals surface area contributed by atoms with Crippen LogP contribution < -0.4 is 11.3 Å². The van der Waals surface area contributed by atoms with Crippen LogP contribution >= 0.6 is 0 Å². The van der Waals surface area contributed by atoms with Crippen molar-refractivity contribution < 1.29 is 32.8 Å². The first-order chi connectivity index (χ1) is 13.4. The first-order valence-electron chi connectivity index (χ1n) is 7.92. The highest BCUT2D eigenvalue weighted by Gasteiger charge is 2.22. The molecule has 1 heterocycles. The minimum absolute atomic E-state index is 0.0167. The van der Waals surface area contributed by atoms with Crippen LogP contribution in [0.25, 0.3) is 0 Å². The Morgan fingerprint density at radius 2 is 1.86 bits per heavy atom. The van der Waals surface area contributed by atoms with Crippen molar-refractivity contribution in [3.05, 3.63) is 45.2 Å². The number of hydrogen-bond donors (Lipinski definition) is 4. The van der Waals surface area contributed by atoms with Crippen molar-refractivity contribution >= 4 is 33.4 Å². The highest BCUT2D eigenvalue weighted by atomic mass is 32.2. The molecule has 12 nitrogen and oxygen atoms in total. The molecule has 0 spiro atoms. The number of benzene rings is 1. The maximum absolute atomic E-state index is 12.3. The van der Waals surface area contributed by atoms with Crippen LogP contribution in [0.4, 0.5) is 11.4 Å². The molecule has 0 saturated heterocycles. The molecule has 0 radical (unpaired) electrons. The number of hydrogen-bond acceptors (Lipinski definition) is 8. The summed E-state index contributed by atoms with van der Waals surface area (Å²) in [5, 5.41) is 27.0. The maximum Gasteiger partial charge on any atom is 0.338 e. The van der Waals surface area contributed by atoms with E-state index in [2.05, 4.69) is 10.2 Å². The minimum atomic E-state index is -4.65. The summed E-state index contributed by atoms with van der Waals surface area (Å²) in [4.78, 5) is 34.6. The molecule has 1 amide bonds. The van der Waals surface area contributed by atoms with Crippen molar-refractivity contribution in [2.75, 3.05) is 0 Å². The van der Waals surface area contributed by atoms with Gasteiger partial charge in [0.05, 0.1) is 10.5 Å². The molecule has 0 fully saturated rings. The molecule has 13 heteroatoms. The monoisotopic (exact) mass is 424 g/mol. The number of aromatic hydroxyl groups is 1. The zero-order valence-corrected chi connectivity index (χ0v) is 16.0. The SMILES string of the molecule is CCn1c(O)c(/N=N/c2ccc(S(=O)(=O)O)cc2C(=O)O)c(C)c(C(N)=O)c1=O. The molecular weight excluding hydrogens is 408 g/mol. The molecule has 2 aromatic rings. The molecule has 0 aliphatic rings. The molecule has 29 heavy (non-hydrogen) atoms. The van der Waals surface area contributed by atoms with Crippen LogP contribution in [0.3, 0.4) is 0 Å². The second kappa shape index (κ2) is 7.81. The van der Waals surface area contributed by atoms with Crippen molar-refractivity contribution in [2.45, 2.75) is 25.3 Å². The molecule has 0 aliphatic carbocycles. The number of nitrogens with zero attached hydrogens (tertiary/aromatic N) is 3. The quantitative estimate of drug-likeness (QED) is 0.392. The fraction of sp³-hybridized carbons (Fsp3) is 0.188. The van der Waals surface area contributed by atoms with Gasteiger partial charge in [0, 0.05) is 12.1 Å². The number of carbonyl (C=O) groups excluding carboxylic acids is 1. The Morgan fingerprint density at radius 3 is 2.34 bits per heavy atom. The third-order valence-electron chi connectivity index (χ3n) is 3.97.